The molecule has 0 spiro atoms. The molecule has 2 N–H and O–H groups in total. The Kier molecular flexibility index (Phi) is 5.29. The van der Waals surface area contributed by atoms with Crippen LogP contribution in [-0.2, 0) is 22.7 Å². The van der Waals surface area contributed by atoms with Crippen molar-refractivity contribution in [3.05, 3.63) is 58.9 Å². The van der Waals surface area contributed by atoms with Crippen molar-refractivity contribution in [1.82, 2.24) is 14.9 Å². The maximum atomic E-state index is 13.4. The van der Waals surface area contributed by atoms with Gasteiger partial charge in [-0.25, -0.2) is 9.97 Å². The van der Waals surface area contributed by atoms with Crippen LogP contribution in [0.4, 0.5) is 19.0 Å². The molecule has 0 unspecified atom stereocenters. The predicted octanol–water partition coefficient (Wildman–Crippen LogP) is 3.35. The number of anilines is 1. The van der Waals surface area contributed by atoms with E-state index in [0.29, 0.717) is 43.3 Å². The molecule has 172 valence electrons. The van der Waals surface area contributed by atoms with Crippen molar-refractivity contribution in [2.75, 3.05) is 25.5 Å². The number of nitrogens with two attached hydrogens (primary N) is 1. The van der Waals surface area contributed by atoms with E-state index in [1.54, 1.807) is 11.0 Å². The molecule has 1 atom stereocenters. The highest BCUT2D eigenvalue weighted by Gasteiger charge is 2.33. The average Bonchev–Trinajstić information content (AvgIpc) is 3.29. The van der Waals surface area contributed by atoms with Crippen molar-refractivity contribution in [3.63, 3.8) is 0 Å². The van der Waals surface area contributed by atoms with Crippen LogP contribution in [-0.4, -0.2) is 46.9 Å². The molecule has 0 aliphatic carbocycles. The molecule has 0 radical (unpaired) electrons. The average molecular weight is 460 g/mol. The number of rotatable bonds is 3. The Labute approximate surface area is 186 Å². The van der Waals surface area contributed by atoms with Crippen LogP contribution in [0, 0.1) is 0 Å². The van der Waals surface area contributed by atoms with Crippen LogP contribution in [0.25, 0.3) is 10.9 Å². The molecule has 1 amide bonds. The summed E-state index contributed by atoms with van der Waals surface area (Å²) in [6.45, 7) is 1.61. The van der Waals surface area contributed by atoms with Crippen molar-refractivity contribution in [3.8, 4) is 5.75 Å². The number of carbonyl (C=O) groups is 1. The van der Waals surface area contributed by atoms with E-state index >= 15 is 0 Å². The lowest BCUT2D eigenvalue weighted by Crippen LogP contribution is -2.43. The number of aromatic nitrogens is 2. The molecule has 1 fully saturated rings. The standard InChI is InChI=1S/C22H19F3N4O4/c23-22(24,25)33-13-3-1-12(2-4-13)19-11-31-6-5-29(19)21(30)17-7-14-15-9-32-10-16(15)20(26)28-18(14)8-27-17/h1-4,7-8,19H,5-6,9-11H2,(H2,26,28)/t19-/m1/s1. The van der Waals surface area contributed by atoms with Gasteiger partial charge in [-0.15, -0.1) is 13.2 Å². The number of fused-ring (bicyclic) bond motifs is 3. The van der Waals surface area contributed by atoms with Crippen LogP contribution in [0.3, 0.4) is 0 Å². The minimum atomic E-state index is -4.77. The summed E-state index contributed by atoms with van der Waals surface area (Å²) in [5.41, 5.74) is 9.15. The van der Waals surface area contributed by atoms with Crippen LogP contribution in [0.5, 0.6) is 5.75 Å². The highest BCUT2D eigenvalue weighted by atomic mass is 19.4. The second-order valence-electron chi connectivity index (χ2n) is 7.74. The number of nitrogen functional groups attached to an aromatic ring is 1. The zero-order valence-corrected chi connectivity index (χ0v) is 17.3. The van der Waals surface area contributed by atoms with Gasteiger partial charge >= 0.3 is 6.36 Å². The molecule has 0 saturated carbocycles. The third-order valence-electron chi connectivity index (χ3n) is 5.72. The number of ether oxygens (including phenoxy) is 3. The summed E-state index contributed by atoms with van der Waals surface area (Å²) in [6, 6.07) is 6.62. The predicted molar refractivity (Wildman–Crippen MR) is 110 cm³/mol. The maximum absolute atomic E-state index is 13.4. The normalized spacial score (nSPS) is 18.4. The van der Waals surface area contributed by atoms with Crippen LogP contribution in [0.1, 0.15) is 33.2 Å². The van der Waals surface area contributed by atoms with Gasteiger partial charge in [0.2, 0.25) is 0 Å². The van der Waals surface area contributed by atoms with Gasteiger partial charge in [-0.2, -0.15) is 0 Å². The van der Waals surface area contributed by atoms with Gasteiger partial charge in [0.15, 0.2) is 0 Å². The molecule has 2 aromatic heterocycles. The Hall–Kier alpha value is -3.44. The van der Waals surface area contributed by atoms with Gasteiger partial charge in [-0.05, 0) is 29.3 Å². The number of nitrogens with zero attached hydrogens (tertiary/aromatic N) is 3. The molecule has 33 heavy (non-hydrogen) atoms. The monoisotopic (exact) mass is 460 g/mol. The molecule has 0 bridgehead atoms. The zero-order chi connectivity index (χ0) is 23.2. The van der Waals surface area contributed by atoms with Gasteiger partial charge in [0.1, 0.15) is 17.3 Å². The number of alkyl halides is 3. The Morgan fingerprint density at radius 1 is 1.15 bits per heavy atom. The number of pyridine rings is 2. The van der Waals surface area contributed by atoms with E-state index in [9.17, 15) is 18.0 Å². The summed E-state index contributed by atoms with van der Waals surface area (Å²) >= 11 is 0. The van der Waals surface area contributed by atoms with Crippen molar-refractivity contribution < 1.29 is 32.2 Å². The van der Waals surface area contributed by atoms with E-state index in [-0.39, 0.29) is 24.0 Å². The second kappa shape index (κ2) is 8.16. The first-order chi connectivity index (χ1) is 15.8. The summed E-state index contributed by atoms with van der Waals surface area (Å²) in [7, 11) is 0. The van der Waals surface area contributed by atoms with Crippen LogP contribution in [0.15, 0.2) is 36.5 Å². The SMILES string of the molecule is Nc1nc2cnc(C(=O)N3CCOC[C@@H]3c3ccc(OC(F)(F)F)cc3)cc2c2c1COC2. The summed E-state index contributed by atoms with van der Waals surface area (Å²) in [5, 5.41) is 0.758. The van der Waals surface area contributed by atoms with Gasteiger partial charge in [0.25, 0.3) is 5.91 Å². The van der Waals surface area contributed by atoms with Gasteiger partial charge in [-0.1, -0.05) is 12.1 Å². The lowest BCUT2D eigenvalue weighted by atomic mass is 10.0. The fourth-order valence-corrected chi connectivity index (χ4v) is 4.15. The smallest absolute Gasteiger partial charge is 0.406 e. The topological polar surface area (TPSA) is 99.8 Å². The van der Waals surface area contributed by atoms with E-state index < -0.39 is 12.4 Å². The van der Waals surface area contributed by atoms with Gasteiger partial charge in [0, 0.05) is 17.5 Å². The van der Waals surface area contributed by atoms with E-state index in [1.165, 1.54) is 30.5 Å². The van der Waals surface area contributed by atoms with Crippen molar-refractivity contribution in [2.24, 2.45) is 0 Å². The molecule has 2 aliphatic rings. The zero-order valence-electron chi connectivity index (χ0n) is 17.3. The third-order valence-corrected chi connectivity index (χ3v) is 5.72. The lowest BCUT2D eigenvalue weighted by Gasteiger charge is -2.35. The van der Waals surface area contributed by atoms with E-state index in [4.69, 9.17) is 15.2 Å². The van der Waals surface area contributed by atoms with E-state index in [1.807, 2.05) is 0 Å². The third kappa shape index (κ3) is 4.16. The summed E-state index contributed by atoms with van der Waals surface area (Å²) in [5.74, 6) is -0.257. The Bertz CT molecular complexity index is 1220. The first-order valence-electron chi connectivity index (χ1n) is 10.2. The molecule has 4 heterocycles. The quantitative estimate of drug-likeness (QED) is 0.640. The Morgan fingerprint density at radius 2 is 1.91 bits per heavy atom. The summed E-state index contributed by atoms with van der Waals surface area (Å²) < 4.78 is 52.3. The number of benzene rings is 1. The number of halogens is 3. The number of hydrogen-bond acceptors (Lipinski definition) is 7. The summed E-state index contributed by atoms with van der Waals surface area (Å²) in [6.07, 6.45) is -3.26. The molecule has 2 aliphatic heterocycles. The van der Waals surface area contributed by atoms with Crippen LogP contribution < -0.4 is 10.5 Å². The fourth-order valence-electron chi connectivity index (χ4n) is 4.15. The maximum Gasteiger partial charge on any atom is 0.573 e. The van der Waals surface area contributed by atoms with Gasteiger partial charge in [0.05, 0.1) is 44.2 Å². The number of hydrogen-bond donors (Lipinski definition) is 1. The highest BCUT2D eigenvalue weighted by molar-refractivity contribution is 5.97. The Balaban J connectivity index is 1.44. The van der Waals surface area contributed by atoms with Crippen LogP contribution in [0.2, 0.25) is 0 Å². The second-order valence-corrected chi connectivity index (χ2v) is 7.74. The number of amides is 1. The van der Waals surface area contributed by atoms with Crippen LogP contribution >= 0.6 is 0 Å². The minimum Gasteiger partial charge on any atom is -0.406 e. The highest BCUT2D eigenvalue weighted by Crippen LogP contribution is 2.33. The Morgan fingerprint density at radius 3 is 2.67 bits per heavy atom. The molecule has 3 aromatic rings. The molecule has 5 rings (SSSR count). The van der Waals surface area contributed by atoms with Gasteiger partial charge < -0.3 is 24.8 Å². The molecular weight excluding hydrogens is 441 g/mol. The minimum absolute atomic E-state index is 0.208. The number of morpholine rings is 1. The first kappa shape index (κ1) is 21.4. The number of carbonyl (C=O) groups excluding carboxylic acids is 1. The molecule has 11 heteroatoms. The van der Waals surface area contributed by atoms with E-state index in [0.717, 1.165) is 16.5 Å². The largest absolute Gasteiger partial charge is 0.573 e. The fraction of sp³-hybridized carbons (Fsp3) is 0.318. The summed E-state index contributed by atoms with van der Waals surface area (Å²) in [4.78, 5) is 23.7. The first-order valence-corrected chi connectivity index (χ1v) is 10.2. The van der Waals surface area contributed by atoms with Gasteiger partial charge in [-0.3, -0.25) is 4.79 Å². The molecule has 1 saturated heterocycles. The molecule has 1 aromatic carbocycles. The molecule has 8 nitrogen and oxygen atoms in total. The van der Waals surface area contributed by atoms with E-state index in [2.05, 4.69) is 14.7 Å². The molecular formula is C22H19F3N4O4. The van der Waals surface area contributed by atoms with Crippen molar-refractivity contribution in [1.29, 1.82) is 0 Å². The lowest BCUT2D eigenvalue weighted by molar-refractivity contribution is -0.274. The van der Waals surface area contributed by atoms with Crippen molar-refractivity contribution in [2.45, 2.75) is 25.6 Å². The van der Waals surface area contributed by atoms with Crippen molar-refractivity contribution >= 4 is 22.6 Å².